The Morgan fingerprint density at radius 3 is 3.00 bits per heavy atom. The van der Waals surface area contributed by atoms with Gasteiger partial charge in [-0.1, -0.05) is 11.3 Å². The van der Waals surface area contributed by atoms with Crippen molar-refractivity contribution in [2.75, 3.05) is 18.5 Å². The van der Waals surface area contributed by atoms with Gasteiger partial charge in [-0.25, -0.2) is 4.98 Å². The van der Waals surface area contributed by atoms with Gasteiger partial charge in [-0.05, 0) is 12.8 Å². The predicted molar refractivity (Wildman–Crippen MR) is 54.3 cm³/mol. The van der Waals surface area contributed by atoms with Crippen molar-refractivity contribution >= 4 is 16.5 Å². The van der Waals surface area contributed by atoms with Crippen molar-refractivity contribution in [3.63, 3.8) is 0 Å². The van der Waals surface area contributed by atoms with Crippen molar-refractivity contribution < 1.29 is 4.74 Å². The number of aromatic nitrogens is 1. The summed E-state index contributed by atoms with van der Waals surface area (Å²) in [6.45, 7) is 1.63. The molecule has 2 heterocycles. The molecule has 1 aromatic heterocycles. The fraction of sp³-hybridized carbons (Fsp3) is 0.556. The quantitative estimate of drug-likeness (QED) is 0.803. The third-order valence-corrected chi connectivity index (χ3v) is 3.00. The number of nitrogens with zero attached hydrogens (tertiary/aromatic N) is 2. The highest BCUT2D eigenvalue weighted by Gasteiger charge is 2.14. The summed E-state index contributed by atoms with van der Waals surface area (Å²) in [4.78, 5) is 4.78. The van der Waals surface area contributed by atoms with E-state index in [0.717, 1.165) is 31.2 Å². The standard InChI is InChI=1S/C9H11N3OS/c10-5-8-6-11-9(14-8)12-7-1-3-13-4-2-7/h6-7H,1-4H2,(H,11,12). The normalized spacial score (nSPS) is 17.6. The maximum absolute atomic E-state index is 8.63. The predicted octanol–water partition coefficient (Wildman–Crippen LogP) is 1.61. The van der Waals surface area contributed by atoms with Crippen LogP contribution in [-0.4, -0.2) is 24.2 Å². The van der Waals surface area contributed by atoms with Crippen LogP contribution in [0, 0.1) is 11.3 Å². The van der Waals surface area contributed by atoms with Crippen LogP contribution in [0.4, 0.5) is 5.13 Å². The van der Waals surface area contributed by atoms with E-state index >= 15 is 0 Å². The molecule has 1 saturated heterocycles. The van der Waals surface area contributed by atoms with Gasteiger partial charge >= 0.3 is 0 Å². The van der Waals surface area contributed by atoms with Crippen molar-refractivity contribution in [3.8, 4) is 6.07 Å². The highest BCUT2D eigenvalue weighted by molar-refractivity contribution is 7.16. The zero-order valence-electron chi connectivity index (χ0n) is 7.69. The number of thiazole rings is 1. The number of nitriles is 1. The van der Waals surface area contributed by atoms with Gasteiger partial charge in [-0.2, -0.15) is 5.26 Å². The molecule has 2 rings (SSSR count). The Morgan fingerprint density at radius 2 is 2.36 bits per heavy atom. The number of hydrogen-bond acceptors (Lipinski definition) is 5. The van der Waals surface area contributed by atoms with E-state index in [9.17, 15) is 0 Å². The Kier molecular flexibility index (Phi) is 2.96. The molecule has 0 aromatic carbocycles. The summed E-state index contributed by atoms with van der Waals surface area (Å²) in [7, 11) is 0. The van der Waals surface area contributed by atoms with Gasteiger partial charge in [-0.3, -0.25) is 0 Å². The van der Waals surface area contributed by atoms with E-state index in [1.54, 1.807) is 6.20 Å². The number of hydrogen-bond donors (Lipinski definition) is 1. The molecule has 5 heteroatoms. The van der Waals surface area contributed by atoms with Crippen LogP contribution in [0.3, 0.4) is 0 Å². The van der Waals surface area contributed by atoms with Gasteiger partial charge < -0.3 is 10.1 Å². The Morgan fingerprint density at radius 1 is 1.57 bits per heavy atom. The number of nitrogens with one attached hydrogen (secondary N) is 1. The molecule has 0 atom stereocenters. The van der Waals surface area contributed by atoms with Crippen molar-refractivity contribution in [2.24, 2.45) is 0 Å². The highest BCUT2D eigenvalue weighted by atomic mass is 32.1. The molecule has 1 aromatic rings. The van der Waals surface area contributed by atoms with Crippen LogP contribution in [0.25, 0.3) is 0 Å². The molecule has 0 spiro atoms. The van der Waals surface area contributed by atoms with Gasteiger partial charge in [0.15, 0.2) is 5.13 Å². The summed E-state index contributed by atoms with van der Waals surface area (Å²) in [5.74, 6) is 0. The minimum Gasteiger partial charge on any atom is -0.381 e. The third-order valence-electron chi connectivity index (χ3n) is 2.16. The average molecular weight is 209 g/mol. The molecule has 1 aliphatic rings. The Hall–Kier alpha value is -1.12. The Labute approximate surface area is 86.5 Å². The van der Waals surface area contributed by atoms with E-state index in [0.29, 0.717) is 10.9 Å². The van der Waals surface area contributed by atoms with Crippen LogP contribution >= 0.6 is 11.3 Å². The van der Waals surface area contributed by atoms with E-state index in [1.807, 2.05) is 0 Å². The minimum atomic E-state index is 0.446. The zero-order chi connectivity index (χ0) is 9.80. The number of rotatable bonds is 2. The van der Waals surface area contributed by atoms with Crippen molar-refractivity contribution in [2.45, 2.75) is 18.9 Å². The fourth-order valence-electron chi connectivity index (χ4n) is 1.41. The van der Waals surface area contributed by atoms with Crippen LogP contribution in [0.1, 0.15) is 17.7 Å². The third kappa shape index (κ3) is 2.22. The molecule has 0 amide bonds. The first-order valence-corrected chi connectivity index (χ1v) is 5.40. The first-order valence-electron chi connectivity index (χ1n) is 4.58. The van der Waals surface area contributed by atoms with Crippen molar-refractivity contribution in [1.82, 2.24) is 4.98 Å². The van der Waals surface area contributed by atoms with Gasteiger partial charge in [0.25, 0.3) is 0 Å². The van der Waals surface area contributed by atoms with Gasteiger partial charge in [0.1, 0.15) is 10.9 Å². The first kappa shape index (κ1) is 9.44. The molecule has 0 aliphatic carbocycles. The molecular formula is C9H11N3OS. The molecule has 4 nitrogen and oxygen atoms in total. The molecule has 1 fully saturated rings. The Bertz CT molecular complexity index is 338. The lowest BCUT2D eigenvalue weighted by atomic mass is 10.1. The van der Waals surface area contributed by atoms with E-state index in [2.05, 4.69) is 16.4 Å². The number of anilines is 1. The molecule has 74 valence electrons. The summed E-state index contributed by atoms with van der Waals surface area (Å²) >= 11 is 1.40. The van der Waals surface area contributed by atoms with Crippen LogP contribution in [-0.2, 0) is 4.74 Å². The maximum atomic E-state index is 8.63. The van der Waals surface area contributed by atoms with Gasteiger partial charge in [-0.15, -0.1) is 0 Å². The number of ether oxygens (including phenoxy) is 1. The van der Waals surface area contributed by atoms with E-state index in [-0.39, 0.29) is 0 Å². The molecule has 0 radical (unpaired) electrons. The lowest BCUT2D eigenvalue weighted by Gasteiger charge is -2.22. The molecule has 0 saturated carbocycles. The highest BCUT2D eigenvalue weighted by Crippen LogP contribution is 2.20. The second-order valence-corrected chi connectivity index (χ2v) is 4.20. The molecular weight excluding hydrogens is 198 g/mol. The summed E-state index contributed by atoms with van der Waals surface area (Å²) in [5, 5.41) is 12.8. The monoisotopic (exact) mass is 209 g/mol. The minimum absolute atomic E-state index is 0.446. The van der Waals surface area contributed by atoms with Crippen molar-refractivity contribution in [1.29, 1.82) is 5.26 Å². The van der Waals surface area contributed by atoms with Crippen LogP contribution in [0.5, 0.6) is 0 Å². The van der Waals surface area contributed by atoms with Gasteiger partial charge in [0.2, 0.25) is 0 Å². The second-order valence-electron chi connectivity index (χ2n) is 3.17. The smallest absolute Gasteiger partial charge is 0.184 e. The van der Waals surface area contributed by atoms with Crippen LogP contribution in [0.15, 0.2) is 6.20 Å². The van der Waals surface area contributed by atoms with Gasteiger partial charge in [0, 0.05) is 19.3 Å². The SMILES string of the molecule is N#Cc1cnc(NC2CCOCC2)s1. The molecule has 0 unspecified atom stereocenters. The van der Waals surface area contributed by atoms with Crippen LogP contribution < -0.4 is 5.32 Å². The molecule has 1 aliphatic heterocycles. The van der Waals surface area contributed by atoms with E-state index < -0.39 is 0 Å². The van der Waals surface area contributed by atoms with Crippen LogP contribution in [0.2, 0.25) is 0 Å². The molecule has 14 heavy (non-hydrogen) atoms. The summed E-state index contributed by atoms with van der Waals surface area (Å²) in [5.41, 5.74) is 0. The molecule has 0 bridgehead atoms. The molecule has 1 N–H and O–H groups in total. The summed E-state index contributed by atoms with van der Waals surface area (Å²) in [6, 6.07) is 2.52. The lowest BCUT2D eigenvalue weighted by Crippen LogP contribution is -2.27. The Balaban J connectivity index is 1.93. The van der Waals surface area contributed by atoms with Crippen molar-refractivity contribution in [3.05, 3.63) is 11.1 Å². The van der Waals surface area contributed by atoms with Gasteiger partial charge in [0.05, 0.1) is 6.20 Å². The van der Waals surface area contributed by atoms with E-state index in [1.165, 1.54) is 11.3 Å². The lowest BCUT2D eigenvalue weighted by molar-refractivity contribution is 0.0904. The summed E-state index contributed by atoms with van der Waals surface area (Å²) < 4.78 is 5.25. The zero-order valence-corrected chi connectivity index (χ0v) is 8.51. The largest absolute Gasteiger partial charge is 0.381 e. The first-order chi connectivity index (χ1) is 6.88. The second kappa shape index (κ2) is 4.40. The topological polar surface area (TPSA) is 57.9 Å². The maximum Gasteiger partial charge on any atom is 0.184 e. The van der Waals surface area contributed by atoms with E-state index in [4.69, 9.17) is 10.00 Å². The fourth-order valence-corrected chi connectivity index (χ4v) is 2.10. The summed E-state index contributed by atoms with van der Waals surface area (Å²) in [6.07, 6.45) is 3.63. The average Bonchev–Trinajstić information content (AvgIpc) is 2.67.